The molecule has 0 radical (unpaired) electrons. The molecule has 2 unspecified atom stereocenters. The number of esters is 2. The van der Waals surface area contributed by atoms with E-state index in [4.69, 9.17) is 9.47 Å². The van der Waals surface area contributed by atoms with E-state index >= 15 is 0 Å². The van der Waals surface area contributed by atoms with Crippen LogP contribution in [0.5, 0.6) is 0 Å². The Morgan fingerprint density at radius 2 is 1.76 bits per heavy atom. The van der Waals surface area contributed by atoms with Crippen molar-refractivity contribution in [2.45, 2.75) is 76.9 Å². The van der Waals surface area contributed by atoms with Gasteiger partial charge in [0.25, 0.3) is 0 Å². The molecule has 0 aromatic heterocycles. The van der Waals surface area contributed by atoms with E-state index in [0.717, 1.165) is 12.3 Å². The average Bonchev–Trinajstić information content (AvgIpc) is 2.52. The number of ether oxygens (including phenoxy) is 2. The molecule has 5 fully saturated rings. The fraction of sp³-hybridized carbons (Fsp3) is 0.810. The summed E-state index contributed by atoms with van der Waals surface area (Å²) in [5.41, 5.74) is 0.235. The zero-order valence-electron chi connectivity index (χ0n) is 15.5. The van der Waals surface area contributed by atoms with E-state index in [0.29, 0.717) is 30.1 Å². The van der Waals surface area contributed by atoms with Crippen LogP contribution in [-0.4, -0.2) is 23.6 Å². The van der Waals surface area contributed by atoms with Crippen molar-refractivity contribution < 1.29 is 19.1 Å². The van der Waals surface area contributed by atoms with Crippen molar-refractivity contribution in [3.63, 3.8) is 0 Å². The summed E-state index contributed by atoms with van der Waals surface area (Å²) in [6, 6.07) is 0. The van der Waals surface area contributed by atoms with Crippen LogP contribution in [0.4, 0.5) is 0 Å². The van der Waals surface area contributed by atoms with E-state index in [1.54, 1.807) is 0 Å². The van der Waals surface area contributed by atoms with Gasteiger partial charge in [-0.05, 0) is 74.5 Å². The lowest BCUT2D eigenvalue weighted by Gasteiger charge is -2.64. The molecular formula is C21H30O4. The Labute approximate surface area is 150 Å². The fourth-order valence-electron chi connectivity index (χ4n) is 6.60. The van der Waals surface area contributed by atoms with Crippen molar-refractivity contribution in [2.24, 2.45) is 29.1 Å². The van der Waals surface area contributed by atoms with Gasteiger partial charge in [0.15, 0.2) is 0 Å². The summed E-state index contributed by atoms with van der Waals surface area (Å²) in [4.78, 5) is 24.0. The molecule has 5 aliphatic carbocycles. The quantitative estimate of drug-likeness (QED) is 0.557. The van der Waals surface area contributed by atoms with E-state index in [1.807, 2.05) is 0 Å². The highest BCUT2D eigenvalue weighted by molar-refractivity contribution is 5.81. The van der Waals surface area contributed by atoms with E-state index in [-0.39, 0.29) is 23.6 Å². The molecule has 0 spiro atoms. The van der Waals surface area contributed by atoms with Crippen LogP contribution in [0.3, 0.4) is 0 Å². The predicted octanol–water partition coefficient (Wildman–Crippen LogP) is 4.03. The molecule has 25 heavy (non-hydrogen) atoms. The molecule has 0 saturated heterocycles. The summed E-state index contributed by atoms with van der Waals surface area (Å²) in [6.45, 7) is 8.03. The van der Waals surface area contributed by atoms with Gasteiger partial charge in [-0.15, -0.1) is 0 Å². The predicted molar refractivity (Wildman–Crippen MR) is 93.6 cm³/mol. The molecule has 4 bridgehead atoms. The molecule has 138 valence electrons. The van der Waals surface area contributed by atoms with Gasteiger partial charge in [0.1, 0.15) is 11.7 Å². The first-order valence-electron chi connectivity index (χ1n) is 9.93. The molecule has 0 heterocycles. The SMILES string of the molecule is C=CC(=O)OC1CC(C(=O)OC2(CC)C3CC4CC2CC(C)(C4)C3)C1. The molecule has 0 amide bonds. The standard InChI is InChI=1S/C21H30O4/c1-4-18(22)24-17-8-14(9-17)19(23)25-21(5-2)15-6-13-7-16(21)12-20(3,10-13)11-15/h4,13-17H,1,5-12H2,2-3H3. The molecule has 5 saturated carbocycles. The highest BCUT2D eigenvalue weighted by Crippen LogP contribution is 2.65. The average molecular weight is 346 g/mol. The van der Waals surface area contributed by atoms with Crippen molar-refractivity contribution in [1.29, 1.82) is 0 Å². The minimum atomic E-state index is -0.406. The molecule has 0 aromatic rings. The third-order valence-corrected chi connectivity index (χ3v) is 7.60. The van der Waals surface area contributed by atoms with Gasteiger partial charge in [-0.25, -0.2) is 4.79 Å². The number of carbonyl (C=O) groups excluding carboxylic acids is 2. The monoisotopic (exact) mass is 346 g/mol. The molecule has 0 aromatic carbocycles. The lowest BCUT2D eigenvalue weighted by atomic mass is 9.44. The lowest BCUT2D eigenvalue weighted by Crippen LogP contribution is -2.62. The smallest absolute Gasteiger partial charge is 0.330 e. The van der Waals surface area contributed by atoms with Crippen molar-refractivity contribution in [3.05, 3.63) is 12.7 Å². The first-order valence-corrected chi connectivity index (χ1v) is 9.93. The summed E-state index contributed by atoms with van der Waals surface area (Å²) in [7, 11) is 0. The van der Waals surface area contributed by atoms with Gasteiger partial charge in [-0.1, -0.05) is 20.4 Å². The maximum absolute atomic E-state index is 12.8. The van der Waals surface area contributed by atoms with Gasteiger partial charge in [0.05, 0.1) is 5.92 Å². The maximum Gasteiger partial charge on any atom is 0.330 e. The minimum Gasteiger partial charge on any atom is -0.459 e. The van der Waals surface area contributed by atoms with Crippen LogP contribution in [0.2, 0.25) is 0 Å². The van der Waals surface area contributed by atoms with Gasteiger partial charge in [-0.2, -0.15) is 0 Å². The Kier molecular flexibility index (Phi) is 4.01. The summed E-state index contributed by atoms with van der Waals surface area (Å²) >= 11 is 0. The van der Waals surface area contributed by atoms with Gasteiger partial charge in [0.2, 0.25) is 0 Å². The Bertz CT molecular complexity index is 573. The second-order valence-corrected chi connectivity index (χ2v) is 9.32. The van der Waals surface area contributed by atoms with Crippen LogP contribution in [-0.2, 0) is 19.1 Å². The summed E-state index contributed by atoms with van der Waals surface area (Å²) < 4.78 is 11.5. The van der Waals surface area contributed by atoms with Crippen LogP contribution in [0.15, 0.2) is 12.7 Å². The normalized spacial score (nSPS) is 47.0. The number of hydrogen-bond acceptors (Lipinski definition) is 4. The first-order chi connectivity index (χ1) is 11.9. The van der Waals surface area contributed by atoms with Crippen molar-refractivity contribution >= 4 is 11.9 Å². The summed E-state index contributed by atoms with van der Waals surface area (Å²) in [5.74, 6) is 1.33. The molecule has 5 aliphatic rings. The Balaban J connectivity index is 1.41. The third-order valence-electron chi connectivity index (χ3n) is 7.60. The molecule has 2 atom stereocenters. The second kappa shape index (κ2) is 5.85. The zero-order valence-corrected chi connectivity index (χ0v) is 15.5. The molecular weight excluding hydrogens is 316 g/mol. The van der Waals surface area contributed by atoms with E-state index < -0.39 is 5.97 Å². The lowest BCUT2D eigenvalue weighted by molar-refractivity contribution is -0.230. The van der Waals surface area contributed by atoms with Crippen LogP contribution in [0.1, 0.15) is 65.2 Å². The molecule has 4 heteroatoms. The van der Waals surface area contributed by atoms with E-state index in [2.05, 4.69) is 20.4 Å². The number of rotatable bonds is 5. The van der Waals surface area contributed by atoms with Crippen molar-refractivity contribution in [1.82, 2.24) is 0 Å². The molecule has 0 N–H and O–H groups in total. The van der Waals surface area contributed by atoms with Crippen LogP contribution in [0.25, 0.3) is 0 Å². The molecule has 0 aliphatic heterocycles. The Hall–Kier alpha value is -1.32. The highest BCUT2D eigenvalue weighted by Gasteiger charge is 2.62. The third kappa shape index (κ3) is 2.72. The number of carbonyl (C=O) groups is 2. The van der Waals surface area contributed by atoms with Gasteiger partial charge in [0, 0.05) is 6.08 Å². The first kappa shape index (κ1) is 17.1. The van der Waals surface area contributed by atoms with Gasteiger partial charge in [-0.3, -0.25) is 4.79 Å². The van der Waals surface area contributed by atoms with Crippen LogP contribution >= 0.6 is 0 Å². The number of hydrogen-bond donors (Lipinski definition) is 0. The van der Waals surface area contributed by atoms with E-state index in [1.165, 1.54) is 38.2 Å². The largest absolute Gasteiger partial charge is 0.459 e. The Morgan fingerprint density at radius 1 is 1.12 bits per heavy atom. The summed E-state index contributed by atoms with van der Waals surface area (Å²) in [6.07, 6.45) is 9.39. The molecule has 5 rings (SSSR count). The highest BCUT2D eigenvalue weighted by atomic mass is 16.6. The topological polar surface area (TPSA) is 52.6 Å². The summed E-state index contributed by atoms with van der Waals surface area (Å²) in [5, 5.41) is 0. The van der Waals surface area contributed by atoms with E-state index in [9.17, 15) is 9.59 Å². The zero-order chi connectivity index (χ0) is 17.8. The maximum atomic E-state index is 12.8. The van der Waals surface area contributed by atoms with Gasteiger partial charge < -0.3 is 9.47 Å². The van der Waals surface area contributed by atoms with Crippen LogP contribution < -0.4 is 0 Å². The molecule has 4 nitrogen and oxygen atoms in total. The van der Waals surface area contributed by atoms with Gasteiger partial charge >= 0.3 is 11.9 Å². The Morgan fingerprint density at radius 3 is 2.28 bits per heavy atom. The van der Waals surface area contributed by atoms with Crippen LogP contribution in [0, 0.1) is 29.1 Å². The second-order valence-electron chi connectivity index (χ2n) is 9.32. The fourth-order valence-corrected chi connectivity index (χ4v) is 6.60. The van der Waals surface area contributed by atoms with Crippen molar-refractivity contribution in [3.8, 4) is 0 Å². The van der Waals surface area contributed by atoms with Crippen molar-refractivity contribution in [2.75, 3.05) is 0 Å². The minimum absolute atomic E-state index is 0.0645.